The SMILES string of the molecule is CCCc1ccc(Cl)c(CCCNC(=O)OC(C)(C)C)c1CCC. The highest BCUT2D eigenvalue weighted by Crippen LogP contribution is 2.27. The largest absolute Gasteiger partial charge is 0.444 e. The minimum Gasteiger partial charge on any atom is -0.444 e. The van der Waals surface area contributed by atoms with E-state index in [0.717, 1.165) is 43.5 Å². The van der Waals surface area contributed by atoms with Crippen LogP contribution in [-0.4, -0.2) is 18.2 Å². The number of rotatable bonds is 8. The number of hydrogen-bond donors (Lipinski definition) is 1. The molecule has 0 aliphatic carbocycles. The molecule has 24 heavy (non-hydrogen) atoms. The van der Waals surface area contributed by atoms with Gasteiger partial charge in [-0.3, -0.25) is 0 Å². The molecular formula is C20H32ClNO2. The molecule has 0 spiro atoms. The number of hydrogen-bond acceptors (Lipinski definition) is 2. The third-order valence-electron chi connectivity index (χ3n) is 3.76. The van der Waals surface area contributed by atoms with Gasteiger partial charge in [-0.15, -0.1) is 0 Å². The first-order chi connectivity index (χ1) is 11.3. The molecule has 0 radical (unpaired) electrons. The van der Waals surface area contributed by atoms with Crippen LogP contribution < -0.4 is 5.32 Å². The third-order valence-corrected chi connectivity index (χ3v) is 4.12. The van der Waals surface area contributed by atoms with E-state index >= 15 is 0 Å². The van der Waals surface area contributed by atoms with Gasteiger partial charge in [-0.05, 0) is 69.2 Å². The number of carbonyl (C=O) groups excluding carboxylic acids is 1. The summed E-state index contributed by atoms with van der Waals surface area (Å²) in [5, 5.41) is 3.66. The Morgan fingerprint density at radius 3 is 2.33 bits per heavy atom. The topological polar surface area (TPSA) is 38.3 Å². The van der Waals surface area contributed by atoms with E-state index in [1.54, 1.807) is 0 Å². The van der Waals surface area contributed by atoms with Crippen molar-refractivity contribution in [3.05, 3.63) is 33.8 Å². The van der Waals surface area contributed by atoms with E-state index in [2.05, 4.69) is 25.2 Å². The Kier molecular flexibility index (Phi) is 8.61. The minimum atomic E-state index is -0.462. The highest BCUT2D eigenvalue weighted by atomic mass is 35.5. The van der Waals surface area contributed by atoms with Gasteiger partial charge in [-0.1, -0.05) is 44.4 Å². The van der Waals surface area contributed by atoms with Gasteiger partial charge in [0.05, 0.1) is 0 Å². The number of amides is 1. The first-order valence-electron chi connectivity index (χ1n) is 9.04. The van der Waals surface area contributed by atoms with Gasteiger partial charge < -0.3 is 10.1 Å². The van der Waals surface area contributed by atoms with Crippen LogP contribution in [-0.2, 0) is 24.0 Å². The molecule has 0 aliphatic rings. The lowest BCUT2D eigenvalue weighted by Crippen LogP contribution is -2.33. The summed E-state index contributed by atoms with van der Waals surface area (Å²) < 4.78 is 5.25. The molecule has 0 saturated heterocycles. The number of aryl methyl sites for hydroxylation is 1. The number of halogens is 1. The standard InChI is InChI=1S/C20H32ClNO2/c1-6-9-15-12-13-18(21)17(16(15)10-7-2)11-8-14-22-19(23)24-20(3,4)5/h12-13H,6-11,14H2,1-5H3,(H,22,23). The van der Waals surface area contributed by atoms with E-state index in [1.807, 2.05) is 26.8 Å². The zero-order chi connectivity index (χ0) is 18.2. The summed E-state index contributed by atoms with van der Waals surface area (Å²) in [5.41, 5.74) is 3.61. The number of ether oxygens (including phenoxy) is 1. The Labute approximate surface area is 152 Å². The smallest absolute Gasteiger partial charge is 0.407 e. The molecule has 4 heteroatoms. The maximum Gasteiger partial charge on any atom is 0.407 e. The summed E-state index contributed by atoms with van der Waals surface area (Å²) in [6, 6.07) is 4.18. The van der Waals surface area contributed by atoms with Crippen LogP contribution in [0.25, 0.3) is 0 Å². The van der Waals surface area contributed by atoms with Gasteiger partial charge in [-0.25, -0.2) is 4.79 Å². The van der Waals surface area contributed by atoms with Gasteiger partial charge in [-0.2, -0.15) is 0 Å². The highest BCUT2D eigenvalue weighted by molar-refractivity contribution is 6.31. The van der Waals surface area contributed by atoms with Crippen molar-refractivity contribution in [3.63, 3.8) is 0 Å². The highest BCUT2D eigenvalue weighted by Gasteiger charge is 2.16. The second-order valence-corrected chi connectivity index (χ2v) is 7.60. The fraction of sp³-hybridized carbons (Fsp3) is 0.650. The Morgan fingerprint density at radius 2 is 1.75 bits per heavy atom. The van der Waals surface area contributed by atoms with Crippen LogP contribution in [0.4, 0.5) is 4.79 Å². The van der Waals surface area contributed by atoms with Gasteiger partial charge in [0.1, 0.15) is 5.60 Å². The fourth-order valence-electron chi connectivity index (χ4n) is 2.82. The van der Waals surface area contributed by atoms with Crippen LogP contribution in [0.3, 0.4) is 0 Å². The van der Waals surface area contributed by atoms with Crippen molar-refractivity contribution in [1.29, 1.82) is 0 Å². The molecule has 0 atom stereocenters. The second-order valence-electron chi connectivity index (χ2n) is 7.20. The molecule has 1 aromatic rings. The summed E-state index contributed by atoms with van der Waals surface area (Å²) in [5.74, 6) is 0. The van der Waals surface area contributed by atoms with E-state index < -0.39 is 5.60 Å². The maximum atomic E-state index is 11.7. The van der Waals surface area contributed by atoms with Crippen molar-refractivity contribution in [3.8, 4) is 0 Å². The first-order valence-corrected chi connectivity index (χ1v) is 9.42. The zero-order valence-electron chi connectivity index (χ0n) is 15.8. The lowest BCUT2D eigenvalue weighted by molar-refractivity contribution is 0.0527. The summed E-state index contributed by atoms with van der Waals surface area (Å²) in [7, 11) is 0. The fourth-order valence-corrected chi connectivity index (χ4v) is 3.09. The Balaban J connectivity index is 2.66. The average Bonchev–Trinajstić information content (AvgIpc) is 2.47. The molecule has 0 aromatic heterocycles. The van der Waals surface area contributed by atoms with Gasteiger partial charge in [0.25, 0.3) is 0 Å². The van der Waals surface area contributed by atoms with Crippen LogP contribution in [0.2, 0.25) is 5.02 Å². The summed E-state index contributed by atoms with van der Waals surface area (Å²) in [6.07, 6.45) is 5.77. The molecule has 0 saturated carbocycles. The first kappa shape index (κ1) is 20.8. The molecule has 0 aliphatic heterocycles. The predicted molar refractivity (Wildman–Crippen MR) is 102 cm³/mol. The third kappa shape index (κ3) is 7.12. The molecule has 3 nitrogen and oxygen atoms in total. The number of carbonyl (C=O) groups is 1. The van der Waals surface area contributed by atoms with Crippen LogP contribution in [0.1, 0.15) is 70.6 Å². The van der Waals surface area contributed by atoms with E-state index in [-0.39, 0.29) is 6.09 Å². The molecule has 1 N–H and O–H groups in total. The average molecular weight is 354 g/mol. The van der Waals surface area contributed by atoms with E-state index in [9.17, 15) is 4.79 Å². The second kappa shape index (κ2) is 9.93. The molecule has 136 valence electrons. The Morgan fingerprint density at radius 1 is 1.08 bits per heavy atom. The Bertz CT molecular complexity index is 535. The molecule has 0 unspecified atom stereocenters. The monoisotopic (exact) mass is 353 g/mol. The molecule has 0 heterocycles. The molecular weight excluding hydrogens is 322 g/mol. The lowest BCUT2D eigenvalue weighted by Gasteiger charge is -2.20. The maximum absolute atomic E-state index is 11.7. The van der Waals surface area contributed by atoms with Crippen molar-refractivity contribution < 1.29 is 9.53 Å². The summed E-state index contributed by atoms with van der Waals surface area (Å²) in [4.78, 5) is 11.7. The van der Waals surface area contributed by atoms with E-state index in [1.165, 1.54) is 16.7 Å². The molecule has 0 fully saturated rings. The van der Waals surface area contributed by atoms with Crippen molar-refractivity contribution in [2.75, 3.05) is 6.54 Å². The van der Waals surface area contributed by atoms with Crippen molar-refractivity contribution in [1.82, 2.24) is 5.32 Å². The van der Waals surface area contributed by atoms with Crippen LogP contribution in [0, 0.1) is 0 Å². The van der Waals surface area contributed by atoms with Gasteiger partial charge in [0, 0.05) is 11.6 Å². The van der Waals surface area contributed by atoms with E-state index in [0.29, 0.717) is 6.54 Å². The Hall–Kier alpha value is -1.22. The van der Waals surface area contributed by atoms with Crippen molar-refractivity contribution >= 4 is 17.7 Å². The minimum absolute atomic E-state index is 0.359. The van der Waals surface area contributed by atoms with Gasteiger partial charge in [0.2, 0.25) is 0 Å². The number of nitrogens with one attached hydrogen (secondary N) is 1. The zero-order valence-corrected chi connectivity index (χ0v) is 16.6. The van der Waals surface area contributed by atoms with Crippen LogP contribution in [0.15, 0.2) is 12.1 Å². The summed E-state index contributed by atoms with van der Waals surface area (Å²) >= 11 is 6.45. The van der Waals surface area contributed by atoms with Crippen LogP contribution >= 0.6 is 11.6 Å². The lowest BCUT2D eigenvalue weighted by atomic mass is 9.92. The molecule has 0 bridgehead atoms. The van der Waals surface area contributed by atoms with Crippen LogP contribution in [0.5, 0.6) is 0 Å². The number of alkyl carbamates (subject to hydrolysis) is 1. The molecule has 1 amide bonds. The molecule has 1 rings (SSSR count). The van der Waals surface area contributed by atoms with Gasteiger partial charge in [0.15, 0.2) is 0 Å². The van der Waals surface area contributed by atoms with Gasteiger partial charge >= 0.3 is 6.09 Å². The number of benzene rings is 1. The molecule has 1 aromatic carbocycles. The van der Waals surface area contributed by atoms with Crippen molar-refractivity contribution in [2.24, 2.45) is 0 Å². The summed E-state index contributed by atoms with van der Waals surface area (Å²) in [6.45, 7) is 10.6. The van der Waals surface area contributed by atoms with Crippen molar-refractivity contribution in [2.45, 2.75) is 78.7 Å². The predicted octanol–water partition coefficient (Wildman–Crippen LogP) is 5.70. The quantitative estimate of drug-likeness (QED) is 0.608. The normalized spacial score (nSPS) is 11.4. The van der Waals surface area contributed by atoms with E-state index in [4.69, 9.17) is 16.3 Å².